The quantitative estimate of drug-likeness (QED) is 0.527. The Morgan fingerprint density at radius 1 is 0.950 bits per heavy atom. The lowest BCUT2D eigenvalue weighted by molar-refractivity contribution is 0.667. The molecule has 2 heteroatoms. The van der Waals surface area contributed by atoms with Crippen LogP contribution in [0.3, 0.4) is 0 Å². The third-order valence-electron chi connectivity index (χ3n) is 4.41. The fourth-order valence-corrected chi connectivity index (χ4v) is 4.67. The average molecular weight is 299 g/mol. The summed E-state index contributed by atoms with van der Waals surface area (Å²) in [5, 5.41) is 3.63. The van der Waals surface area contributed by atoms with Gasteiger partial charge in [0.15, 0.2) is 0 Å². The molecule has 1 aromatic heterocycles. The van der Waals surface area contributed by atoms with Crippen molar-refractivity contribution in [2.24, 2.45) is 0 Å². The smallest absolute Gasteiger partial charge is 0.0696 e. The zero-order valence-electron chi connectivity index (χ0n) is 11.1. The largest absolute Gasteiger partial charge is 0.143 e. The molecule has 0 saturated heterocycles. The first-order valence-electron chi connectivity index (χ1n) is 6.97. The zero-order chi connectivity index (χ0) is 13.6. The van der Waals surface area contributed by atoms with Gasteiger partial charge in [0, 0.05) is 10.1 Å². The van der Waals surface area contributed by atoms with Gasteiger partial charge in [0.1, 0.15) is 0 Å². The van der Waals surface area contributed by atoms with E-state index in [4.69, 9.17) is 11.6 Å². The lowest BCUT2D eigenvalue weighted by atomic mass is 9.88. The molecule has 0 aliphatic heterocycles. The van der Waals surface area contributed by atoms with Gasteiger partial charge in [-0.1, -0.05) is 48.5 Å². The highest BCUT2D eigenvalue weighted by Gasteiger charge is 2.51. The molecule has 0 N–H and O–H groups in total. The Morgan fingerprint density at radius 2 is 1.65 bits per heavy atom. The van der Waals surface area contributed by atoms with Crippen molar-refractivity contribution < 1.29 is 0 Å². The van der Waals surface area contributed by atoms with Gasteiger partial charge in [0.05, 0.1) is 5.38 Å². The van der Waals surface area contributed by atoms with Gasteiger partial charge in [-0.25, -0.2) is 0 Å². The van der Waals surface area contributed by atoms with Crippen molar-refractivity contribution in [1.82, 2.24) is 0 Å². The van der Waals surface area contributed by atoms with E-state index >= 15 is 0 Å². The van der Waals surface area contributed by atoms with Crippen LogP contribution in [0.4, 0.5) is 0 Å². The van der Waals surface area contributed by atoms with E-state index in [2.05, 4.69) is 60.0 Å². The molecular weight excluding hydrogens is 284 g/mol. The van der Waals surface area contributed by atoms with Gasteiger partial charge in [-0.15, -0.1) is 22.9 Å². The molecule has 0 radical (unpaired) electrons. The van der Waals surface area contributed by atoms with Crippen LogP contribution in [-0.2, 0) is 5.41 Å². The molecule has 100 valence electrons. The molecule has 4 rings (SSSR count). The topological polar surface area (TPSA) is 0 Å². The first-order chi connectivity index (χ1) is 9.81. The van der Waals surface area contributed by atoms with Crippen molar-refractivity contribution in [2.75, 3.05) is 0 Å². The van der Waals surface area contributed by atoms with Crippen molar-refractivity contribution in [3.8, 4) is 0 Å². The summed E-state index contributed by atoms with van der Waals surface area (Å²) in [5.74, 6) is 0. The summed E-state index contributed by atoms with van der Waals surface area (Å²) in [6, 6.07) is 19.3. The van der Waals surface area contributed by atoms with Gasteiger partial charge in [-0.05, 0) is 40.8 Å². The molecule has 1 aliphatic carbocycles. The van der Waals surface area contributed by atoms with Crippen LogP contribution >= 0.6 is 22.9 Å². The predicted octanol–water partition coefficient (Wildman–Crippen LogP) is 5.91. The maximum absolute atomic E-state index is 6.92. The molecule has 1 unspecified atom stereocenters. The fourth-order valence-electron chi connectivity index (χ4n) is 3.09. The van der Waals surface area contributed by atoms with Crippen LogP contribution in [0.15, 0.2) is 60.0 Å². The van der Waals surface area contributed by atoms with Crippen LogP contribution in [0.5, 0.6) is 0 Å². The Kier molecular flexibility index (Phi) is 2.87. The van der Waals surface area contributed by atoms with Gasteiger partial charge in [0.2, 0.25) is 0 Å². The monoisotopic (exact) mass is 298 g/mol. The van der Waals surface area contributed by atoms with Crippen molar-refractivity contribution in [3.63, 3.8) is 0 Å². The van der Waals surface area contributed by atoms with Gasteiger partial charge in [-0.2, -0.15) is 0 Å². The van der Waals surface area contributed by atoms with E-state index in [1.807, 2.05) is 0 Å². The highest BCUT2D eigenvalue weighted by atomic mass is 35.5. The maximum atomic E-state index is 6.92. The molecule has 1 aliphatic rings. The Labute approximate surface area is 128 Å². The van der Waals surface area contributed by atoms with Gasteiger partial charge < -0.3 is 0 Å². The molecule has 1 atom stereocenters. The normalized spacial score (nSPS) is 18.1. The molecule has 1 heterocycles. The number of fused-ring (bicyclic) bond motifs is 1. The molecule has 0 nitrogen and oxygen atoms in total. The molecule has 2 aromatic carbocycles. The zero-order valence-corrected chi connectivity index (χ0v) is 12.6. The van der Waals surface area contributed by atoms with Crippen molar-refractivity contribution in [2.45, 2.75) is 23.6 Å². The first kappa shape index (κ1) is 12.4. The molecule has 0 amide bonds. The van der Waals surface area contributed by atoms with E-state index in [1.165, 1.54) is 34.1 Å². The van der Waals surface area contributed by atoms with E-state index in [1.54, 1.807) is 11.3 Å². The number of hydrogen-bond donors (Lipinski definition) is 0. The molecular formula is C18H15ClS. The van der Waals surface area contributed by atoms with E-state index in [9.17, 15) is 0 Å². The Hall–Kier alpha value is -1.31. The predicted molar refractivity (Wildman–Crippen MR) is 87.8 cm³/mol. The minimum atomic E-state index is 0.0704. The van der Waals surface area contributed by atoms with Crippen molar-refractivity contribution >= 4 is 33.0 Å². The van der Waals surface area contributed by atoms with Crippen LogP contribution in [0.25, 0.3) is 10.1 Å². The molecule has 20 heavy (non-hydrogen) atoms. The minimum Gasteiger partial charge on any atom is -0.143 e. The fraction of sp³-hybridized carbons (Fsp3) is 0.222. The second-order valence-corrected chi connectivity index (χ2v) is 6.92. The number of benzene rings is 2. The summed E-state index contributed by atoms with van der Waals surface area (Å²) in [7, 11) is 0. The number of hydrogen-bond acceptors (Lipinski definition) is 1. The van der Waals surface area contributed by atoms with Crippen LogP contribution in [0.1, 0.15) is 29.3 Å². The standard InChI is InChI=1S/C18H15ClS/c19-17(15-12-20-16-9-5-4-8-14(15)16)18(10-11-18)13-6-2-1-3-7-13/h1-9,12,17H,10-11H2. The molecule has 3 aromatic rings. The summed E-state index contributed by atoms with van der Waals surface area (Å²) < 4.78 is 1.33. The lowest BCUT2D eigenvalue weighted by Crippen LogP contribution is -2.13. The molecule has 1 saturated carbocycles. The van der Waals surface area contributed by atoms with Crippen molar-refractivity contribution in [3.05, 3.63) is 71.1 Å². The summed E-state index contributed by atoms with van der Waals surface area (Å²) in [5.41, 5.74) is 2.83. The summed E-state index contributed by atoms with van der Waals surface area (Å²) in [6.45, 7) is 0. The molecule has 0 spiro atoms. The summed E-state index contributed by atoms with van der Waals surface area (Å²) >= 11 is 8.72. The second kappa shape index (κ2) is 4.61. The van der Waals surface area contributed by atoms with E-state index in [-0.39, 0.29) is 10.8 Å². The summed E-state index contributed by atoms with van der Waals surface area (Å²) in [4.78, 5) is 0. The Morgan fingerprint density at radius 3 is 2.40 bits per heavy atom. The highest BCUT2D eigenvalue weighted by Crippen LogP contribution is 2.60. The third-order valence-corrected chi connectivity index (χ3v) is 6.04. The van der Waals surface area contributed by atoms with E-state index < -0.39 is 0 Å². The minimum absolute atomic E-state index is 0.0704. The second-order valence-electron chi connectivity index (χ2n) is 5.57. The van der Waals surface area contributed by atoms with Crippen LogP contribution in [-0.4, -0.2) is 0 Å². The SMILES string of the molecule is ClC(c1csc2ccccc12)C1(c2ccccc2)CC1. The van der Waals surface area contributed by atoms with E-state index in [0.717, 1.165) is 0 Å². The van der Waals surface area contributed by atoms with Gasteiger partial charge in [-0.3, -0.25) is 0 Å². The van der Waals surface area contributed by atoms with Gasteiger partial charge >= 0.3 is 0 Å². The van der Waals surface area contributed by atoms with Crippen LogP contribution < -0.4 is 0 Å². The van der Waals surface area contributed by atoms with Crippen LogP contribution in [0, 0.1) is 0 Å². The summed E-state index contributed by atoms with van der Waals surface area (Å²) in [6.07, 6.45) is 2.38. The number of halogens is 1. The van der Waals surface area contributed by atoms with E-state index in [0.29, 0.717) is 0 Å². The molecule has 0 bridgehead atoms. The average Bonchev–Trinajstić information content (AvgIpc) is 3.21. The first-order valence-corrected chi connectivity index (χ1v) is 8.29. The number of thiophene rings is 1. The molecule has 1 fully saturated rings. The van der Waals surface area contributed by atoms with Crippen molar-refractivity contribution in [1.29, 1.82) is 0 Å². The van der Waals surface area contributed by atoms with Gasteiger partial charge in [0.25, 0.3) is 0 Å². The number of rotatable bonds is 3. The third kappa shape index (κ3) is 1.81. The lowest BCUT2D eigenvalue weighted by Gasteiger charge is -2.22. The number of alkyl halides is 1. The van der Waals surface area contributed by atoms with Crippen LogP contribution in [0.2, 0.25) is 0 Å². The Bertz CT molecular complexity index is 740. The highest BCUT2D eigenvalue weighted by molar-refractivity contribution is 7.17. The maximum Gasteiger partial charge on any atom is 0.0696 e. The Balaban J connectivity index is 1.79.